The average Bonchev–Trinajstić information content (AvgIpc) is 2.88. The normalized spacial score (nSPS) is 27.9. The minimum absolute atomic E-state index is 0.189. The van der Waals surface area contributed by atoms with E-state index in [1.807, 2.05) is 6.92 Å². The Labute approximate surface area is 160 Å². The molecule has 27 heavy (non-hydrogen) atoms. The van der Waals surface area contributed by atoms with Gasteiger partial charge in [0.15, 0.2) is 0 Å². The van der Waals surface area contributed by atoms with E-state index >= 15 is 0 Å². The topological polar surface area (TPSA) is 65.1 Å². The number of carbonyl (C=O) groups is 2. The second-order valence-electron chi connectivity index (χ2n) is 8.07. The van der Waals surface area contributed by atoms with Gasteiger partial charge in [-0.1, -0.05) is 6.07 Å². The summed E-state index contributed by atoms with van der Waals surface area (Å²) in [6.07, 6.45) is 0.890. The Morgan fingerprint density at radius 2 is 1.89 bits per heavy atom. The number of fused-ring (bicyclic) bond motifs is 1. The maximum Gasteiger partial charge on any atom is 0.246 e. The van der Waals surface area contributed by atoms with E-state index in [9.17, 15) is 9.59 Å². The van der Waals surface area contributed by atoms with Crippen molar-refractivity contribution in [2.45, 2.75) is 38.5 Å². The van der Waals surface area contributed by atoms with Crippen LogP contribution in [0, 0.1) is 0 Å². The summed E-state index contributed by atoms with van der Waals surface area (Å²) in [5, 5.41) is 2.49. The van der Waals surface area contributed by atoms with Crippen molar-refractivity contribution in [3.05, 3.63) is 29.3 Å². The van der Waals surface area contributed by atoms with E-state index in [1.54, 1.807) is 0 Å². The molecule has 0 aliphatic carbocycles. The molecule has 0 aromatic heterocycles. The maximum atomic E-state index is 12.6. The Hall–Kier alpha value is -1.96. The smallest absolute Gasteiger partial charge is 0.246 e. The zero-order chi connectivity index (χ0) is 19.0. The SMILES string of the molecule is CN1CCN(c2ccc3c(c2)CN([C@@]2(C)CCC(=O)NC2=O)COC3)CC1. The number of nitrogens with one attached hydrogen (secondary N) is 1. The molecule has 7 nitrogen and oxygen atoms in total. The van der Waals surface area contributed by atoms with Gasteiger partial charge in [-0.2, -0.15) is 0 Å². The van der Waals surface area contributed by atoms with Gasteiger partial charge in [0.25, 0.3) is 0 Å². The molecule has 1 N–H and O–H groups in total. The standard InChI is InChI=1S/C20H28N4O3/c1-20(6-5-18(25)21-19(20)26)24-12-16-11-17(4-3-15(16)13-27-14-24)23-9-7-22(2)8-10-23/h3-4,11H,5-10,12-14H2,1-2H3,(H,21,25,26)/t20-/m0/s1. The Balaban J connectivity index is 1.57. The van der Waals surface area contributed by atoms with Crippen LogP contribution in [-0.2, 0) is 27.5 Å². The van der Waals surface area contributed by atoms with Crippen LogP contribution in [0.2, 0.25) is 0 Å². The number of piperidine rings is 1. The van der Waals surface area contributed by atoms with Gasteiger partial charge in [0.2, 0.25) is 11.8 Å². The van der Waals surface area contributed by atoms with Crippen molar-refractivity contribution in [1.29, 1.82) is 0 Å². The Bertz CT molecular complexity index is 745. The summed E-state index contributed by atoms with van der Waals surface area (Å²) >= 11 is 0. The van der Waals surface area contributed by atoms with E-state index in [-0.39, 0.29) is 11.8 Å². The third-order valence-corrected chi connectivity index (χ3v) is 6.20. The fourth-order valence-corrected chi connectivity index (χ4v) is 4.09. The molecule has 1 aromatic rings. The van der Waals surface area contributed by atoms with E-state index in [2.05, 4.69) is 45.3 Å². The number of benzene rings is 1. The van der Waals surface area contributed by atoms with Crippen LogP contribution >= 0.6 is 0 Å². The monoisotopic (exact) mass is 372 g/mol. The fraction of sp³-hybridized carbons (Fsp3) is 0.600. The van der Waals surface area contributed by atoms with Crippen LogP contribution in [0.5, 0.6) is 0 Å². The highest BCUT2D eigenvalue weighted by atomic mass is 16.5. The van der Waals surface area contributed by atoms with Gasteiger partial charge in [-0.15, -0.1) is 0 Å². The molecular formula is C20H28N4O3. The van der Waals surface area contributed by atoms with Gasteiger partial charge >= 0.3 is 0 Å². The van der Waals surface area contributed by atoms with Crippen molar-refractivity contribution in [2.75, 3.05) is 44.9 Å². The molecule has 0 spiro atoms. The highest BCUT2D eigenvalue weighted by Gasteiger charge is 2.44. The molecule has 7 heteroatoms. The van der Waals surface area contributed by atoms with E-state index in [1.165, 1.54) is 16.8 Å². The summed E-state index contributed by atoms with van der Waals surface area (Å²) in [6, 6.07) is 6.58. The van der Waals surface area contributed by atoms with Gasteiger partial charge in [0.05, 0.1) is 6.61 Å². The summed E-state index contributed by atoms with van der Waals surface area (Å²) in [5.74, 6) is -0.410. The van der Waals surface area contributed by atoms with Gasteiger partial charge in [-0.25, -0.2) is 0 Å². The lowest BCUT2D eigenvalue weighted by Gasteiger charge is -2.41. The van der Waals surface area contributed by atoms with E-state index < -0.39 is 5.54 Å². The van der Waals surface area contributed by atoms with Gasteiger partial charge in [0, 0.05) is 44.8 Å². The van der Waals surface area contributed by atoms with Crippen LogP contribution in [-0.4, -0.2) is 67.1 Å². The van der Waals surface area contributed by atoms with E-state index in [4.69, 9.17) is 4.74 Å². The number of carbonyl (C=O) groups excluding carboxylic acids is 2. The zero-order valence-corrected chi connectivity index (χ0v) is 16.2. The molecule has 2 amide bonds. The quantitative estimate of drug-likeness (QED) is 0.779. The summed E-state index contributed by atoms with van der Waals surface area (Å²) < 4.78 is 5.87. The first-order valence-corrected chi connectivity index (χ1v) is 9.68. The van der Waals surface area contributed by atoms with Gasteiger partial charge in [-0.05, 0) is 43.7 Å². The molecule has 1 aromatic carbocycles. The van der Waals surface area contributed by atoms with Crippen molar-refractivity contribution >= 4 is 17.5 Å². The van der Waals surface area contributed by atoms with E-state index in [0.717, 1.165) is 26.2 Å². The number of likely N-dealkylation sites (N-methyl/N-ethyl adjacent to an activating group) is 1. The lowest BCUT2D eigenvalue weighted by atomic mass is 9.88. The van der Waals surface area contributed by atoms with Crippen LogP contribution < -0.4 is 10.2 Å². The van der Waals surface area contributed by atoms with Gasteiger partial charge in [-0.3, -0.25) is 19.8 Å². The highest BCUT2D eigenvalue weighted by Crippen LogP contribution is 2.31. The largest absolute Gasteiger partial charge is 0.369 e. The molecule has 3 aliphatic rings. The number of amides is 2. The average molecular weight is 372 g/mol. The number of ether oxygens (including phenoxy) is 1. The van der Waals surface area contributed by atoms with Crippen LogP contribution in [0.4, 0.5) is 5.69 Å². The van der Waals surface area contributed by atoms with Gasteiger partial charge < -0.3 is 14.5 Å². The minimum atomic E-state index is -0.723. The van der Waals surface area contributed by atoms with Crippen LogP contribution in [0.1, 0.15) is 30.9 Å². The number of hydrogen-bond acceptors (Lipinski definition) is 6. The third-order valence-electron chi connectivity index (χ3n) is 6.20. The predicted octanol–water partition coefficient (Wildman–Crippen LogP) is 0.923. The van der Waals surface area contributed by atoms with Crippen LogP contribution in [0.25, 0.3) is 0 Å². The number of imide groups is 1. The molecule has 0 saturated carbocycles. The van der Waals surface area contributed by atoms with E-state index in [0.29, 0.717) is 32.7 Å². The molecule has 2 saturated heterocycles. The van der Waals surface area contributed by atoms with Crippen molar-refractivity contribution in [2.24, 2.45) is 0 Å². The molecule has 4 rings (SSSR count). The Morgan fingerprint density at radius 3 is 2.63 bits per heavy atom. The van der Waals surface area contributed by atoms with Crippen LogP contribution in [0.3, 0.4) is 0 Å². The zero-order valence-electron chi connectivity index (χ0n) is 16.2. The Kier molecular flexibility index (Phi) is 4.92. The number of piperazine rings is 1. The first-order chi connectivity index (χ1) is 13.0. The molecule has 1 atom stereocenters. The molecule has 0 bridgehead atoms. The fourth-order valence-electron chi connectivity index (χ4n) is 4.09. The van der Waals surface area contributed by atoms with Crippen molar-refractivity contribution in [1.82, 2.24) is 15.1 Å². The third kappa shape index (κ3) is 3.59. The predicted molar refractivity (Wildman–Crippen MR) is 102 cm³/mol. The van der Waals surface area contributed by atoms with Crippen molar-refractivity contribution in [3.8, 4) is 0 Å². The molecule has 146 valence electrons. The molecule has 3 heterocycles. The summed E-state index contributed by atoms with van der Waals surface area (Å²) in [6.45, 7) is 7.68. The van der Waals surface area contributed by atoms with Gasteiger partial charge in [0.1, 0.15) is 12.3 Å². The molecule has 3 aliphatic heterocycles. The number of rotatable bonds is 2. The van der Waals surface area contributed by atoms with Crippen molar-refractivity contribution < 1.29 is 14.3 Å². The minimum Gasteiger partial charge on any atom is -0.369 e. The molecule has 2 fully saturated rings. The summed E-state index contributed by atoms with van der Waals surface area (Å²) in [7, 11) is 2.16. The molecule has 0 unspecified atom stereocenters. The maximum absolute atomic E-state index is 12.6. The summed E-state index contributed by atoms with van der Waals surface area (Å²) in [4.78, 5) is 30.9. The lowest BCUT2D eigenvalue weighted by molar-refractivity contribution is -0.148. The second-order valence-corrected chi connectivity index (χ2v) is 8.07. The molecular weight excluding hydrogens is 344 g/mol. The first kappa shape index (κ1) is 18.4. The van der Waals surface area contributed by atoms with Crippen molar-refractivity contribution in [3.63, 3.8) is 0 Å². The second kappa shape index (κ2) is 7.22. The van der Waals surface area contributed by atoms with Crippen LogP contribution in [0.15, 0.2) is 18.2 Å². The first-order valence-electron chi connectivity index (χ1n) is 9.68. The highest BCUT2D eigenvalue weighted by molar-refractivity contribution is 6.02. The number of hydrogen-bond donors (Lipinski definition) is 1. The number of anilines is 1. The lowest BCUT2D eigenvalue weighted by Crippen LogP contribution is -2.61. The number of nitrogens with zero attached hydrogens (tertiary/aromatic N) is 3. The molecule has 0 radical (unpaired) electrons. The Morgan fingerprint density at radius 1 is 1.11 bits per heavy atom. The summed E-state index contributed by atoms with van der Waals surface area (Å²) in [5.41, 5.74) is 2.89.